The number of carbonyl (C=O) groups excluding carboxylic acids is 1. The molecule has 0 bridgehead atoms. The molecule has 1 amide bonds. The molecule has 0 unspecified atom stereocenters. The van der Waals surface area contributed by atoms with Crippen molar-refractivity contribution in [1.82, 2.24) is 14.7 Å². The fraction of sp³-hybridized carbons (Fsp3) is 0.923. The second kappa shape index (κ2) is 7.07. The summed E-state index contributed by atoms with van der Waals surface area (Å²) in [5.41, 5.74) is 0. The number of methoxy groups -OCH3 is 1. The molecule has 2 aliphatic heterocycles. The third kappa shape index (κ3) is 3.93. The molecule has 2 aliphatic rings. The molecule has 5 nitrogen and oxygen atoms in total. The summed E-state index contributed by atoms with van der Waals surface area (Å²) in [5.74, 6) is 0.317. The maximum absolute atomic E-state index is 12.0. The lowest BCUT2D eigenvalue weighted by molar-refractivity contribution is -0.131. The van der Waals surface area contributed by atoms with Crippen LogP contribution in [0.2, 0.25) is 0 Å². The molecule has 0 aromatic rings. The second-order valence-corrected chi connectivity index (χ2v) is 5.20. The van der Waals surface area contributed by atoms with E-state index in [2.05, 4.69) is 9.80 Å². The predicted octanol–water partition coefficient (Wildman–Crippen LogP) is -0.127. The Labute approximate surface area is 110 Å². The first-order valence-electron chi connectivity index (χ1n) is 7.01. The van der Waals surface area contributed by atoms with E-state index in [-0.39, 0.29) is 0 Å². The van der Waals surface area contributed by atoms with Gasteiger partial charge in [-0.1, -0.05) is 0 Å². The third-order valence-corrected chi connectivity index (χ3v) is 3.89. The van der Waals surface area contributed by atoms with Gasteiger partial charge < -0.3 is 9.64 Å². The summed E-state index contributed by atoms with van der Waals surface area (Å²) in [6.45, 7) is 8.45. The summed E-state index contributed by atoms with van der Waals surface area (Å²) in [4.78, 5) is 18.7. The maximum atomic E-state index is 12.0. The highest BCUT2D eigenvalue weighted by molar-refractivity contribution is 5.78. The smallest absolute Gasteiger partial charge is 0.236 e. The zero-order chi connectivity index (χ0) is 12.8. The summed E-state index contributed by atoms with van der Waals surface area (Å²) in [6, 6.07) is 0. The molecule has 0 atom stereocenters. The number of likely N-dealkylation sites (tertiary alicyclic amines) is 1. The Balaban J connectivity index is 1.65. The normalized spacial score (nSPS) is 22.6. The zero-order valence-electron chi connectivity index (χ0n) is 11.4. The highest BCUT2D eigenvalue weighted by Crippen LogP contribution is 2.09. The molecule has 2 rings (SSSR count). The topological polar surface area (TPSA) is 36.0 Å². The molecule has 0 spiro atoms. The van der Waals surface area contributed by atoms with Crippen molar-refractivity contribution in [2.45, 2.75) is 12.8 Å². The van der Waals surface area contributed by atoms with E-state index in [1.807, 2.05) is 4.90 Å². The van der Waals surface area contributed by atoms with E-state index >= 15 is 0 Å². The molecule has 0 N–H and O–H groups in total. The zero-order valence-corrected chi connectivity index (χ0v) is 11.4. The van der Waals surface area contributed by atoms with Crippen molar-refractivity contribution in [3.05, 3.63) is 0 Å². The van der Waals surface area contributed by atoms with Gasteiger partial charge in [0.1, 0.15) is 0 Å². The predicted molar refractivity (Wildman–Crippen MR) is 70.6 cm³/mol. The molecular weight excluding hydrogens is 230 g/mol. The van der Waals surface area contributed by atoms with Gasteiger partial charge >= 0.3 is 0 Å². The number of nitrogens with zero attached hydrogens (tertiary/aromatic N) is 3. The van der Waals surface area contributed by atoms with Crippen LogP contribution < -0.4 is 0 Å². The Morgan fingerprint density at radius 2 is 1.61 bits per heavy atom. The van der Waals surface area contributed by atoms with Crippen LogP contribution in [0.15, 0.2) is 0 Å². The summed E-state index contributed by atoms with van der Waals surface area (Å²) in [6.07, 6.45) is 2.35. The SMILES string of the molecule is COCCN1CCN(CC(=O)N2CCCC2)CC1. The summed E-state index contributed by atoms with van der Waals surface area (Å²) in [5, 5.41) is 0. The average molecular weight is 255 g/mol. The minimum absolute atomic E-state index is 0.317. The van der Waals surface area contributed by atoms with Gasteiger partial charge in [0.15, 0.2) is 0 Å². The van der Waals surface area contributed by atoms with Crippen LogP contribution in [0.3, 0.4) is 0 Å². The molecule has 0 aromatic heterocycles. The van der Waals surface area contributed by atoms with E-state index in [9.17, 15) is 4.79 Å². The largest absolute Gasteiger partial charge is 0.383 e. The van der Waals surface area contributed by atoms with Crippen LogP contribution in [0.25, 0.3) is 0 Å². The van der Waals surface area contributed by atoms with Gasteiger partial charge in [0.25, 0.3) is 0 Å². The van der Waals surface area contributed by atoms with E-state index in [0.717, 1.165) is 52.4 Å². The van der Waals surface area contributed by atoms with Crippen molar-refractivity contribution in [1.29, 1.82) is 0 Å². The molecule has 104 valence electrons. The van der Waals surface area contributed by atoms with E-state index in [1.54, 1.807) is 7.11 Å². The van der Waals surface area contributed by atoms with Gasteiger partial charge in [-0.2, -0.15) is 0 Å². The molecule has 0 radical (unpaired) electrons. The quantitative estimate of drug-likeness (QED) is 0.686. The van der Waals surface area contributed by atoms with E-state index in [4.69, 9.17) is 4.74 Å². The fourth-order valence-corrected chi connectivity index (χ4v) is 2.65. The lowest BCUT2D eigenvalue weighted by Crippen LogP contribution is -2.50. The first-order valence-corrected chi connectivity index (χ1v) is 7.01. The molecule has 18 heavy (non-hydrogen) atoms. The first kappa shape index (κ1) is 13.8. The van der Waals surface area contributed by atoms with E-state index < -0.39 is 0 Å². The van der Waals surface area contributed by atoms with Crippen LogP contribution in [0.4, 0.5) is 0 Å². The fourth-order valence-electron chi connectivity index (χ4n) is 2.65. The van der Waals surface area contributed by atoms with E-state index in [1.165, 1.54) is 12.8 Å². The minimum Gasteiger partial charge on any atom is -0.383 e. The minimum atomic E-state index is 0.317. The van der Waals surface area contributed by atoms with Gasteiger partial charge in [0.05, 0.1) is 13.2 Å². The van der Waals surface area contributed by atoms with Crippen LogP contribution in [0.1, 0.15) is 12.8 Å². The lowest BCUT2D eigenvalue weighted by Gasteiger charge is -2.34. The van der Waals surface area contributed by atoms with Gasteiger partial charge in [-0.05, 0) is 12.8 Å². The van der Waals surface area contributed by atoms with Gasteiger partial charge in [-0.15, -0.1) is 0 Å². The van der Waals surface area contributed by atoms with Crippen LogP contribution in [0.5, 0.6) is 0 Å². The number of hydrogen-bond donors (Lipinski definition) is 0. The van der Waals surface area contributed by atoms with Crippen LogP contribution in [-0.4, -0.2) is 86.7 Å². The van der Waals surface area contributed by atoms with Gasteiger partial charge in [-0.3, -0.25) is 14.6 Å². The molecule has 0 aliphatic carbocycles. The molecule has 2 heterocycles. The summed E-state index contributed by atoms with van der Waals surface area (Å²) in [7, 11) is 1.74. The number of rotatable bonds is 5. The van der Waals surface area contributed by atoms with Crippen molar-refractivity contribution in [2.24, 2.45) is 0 Å². The van der Waals surface area contributed by atoms with Gasteiger partial charge in [0, 0.05) is 52.9 Å². The van der Waals surface area contributed by atoms with Crippen molar-refractivity contribution >= 4 is 5.91 Å². The van der Waals surface area contributed by atoms with Crippen LogP contribution >= 0.6 is 0 Å². The number of amides is 1. The standard InChI is InChI=1S/C13H25N3O2/c1-18-11-10-14-6-8-15(9-7-14)12-13(17)16-4-2-3-5-16/h2-12H2,1H3. The average Bonchev–Trinajstić information content (AvgIpc) is 2.92. The lowest BCUT2D eigenvalue weighted by atomic mass is 10.3. The number of carbonyl (C=O) groups is 1. The number of piperazine rings is 1. The van der Waals surface area contributed by atoms with E-state index in [0.29, 0.717) is 12.5 Å². The summed E-state index contributed by atoms with van der Waals surface area (Å²) >= 11 is 0. The number of ether oxygens (including phenoxy) is 1. The molecular formula is C13H25N3O2. The molecule has 5 heteroatoms. The molecule has 0 aromatic carbocycles. The van der Waals surface area contributed by atoms with Gasteiger partial charge in [0.2, 0.25) is 5.91 Å². The van der Waals surface area contributed by atoms with Crippen LogP contribution in [-0.2, 0) is 9.53 Å². The van der Waals surface area contributed by atoms with Crippen molar-refractivity contribution in [3.8, 4) is 0 Å². The molecule has 2 fully saturated rings. The summed E-state index contributed by atoms with van der Waals surface area (Å²) < 4.78 is 5.09. The van der Waals surface area contributed by atoms with Crippen molar-refractivity contribution in [2.75, 3.05) is 66.1 Å². The Hall–Kier alpha value is -0.650. The van der Waals surface area contributed by atoms with Crippen molar-refractivity contribution < 1.29 is 9.53 Å². The molecule has 0 saturated carbocycles. The van der Waals surface area contributed by atoms with Gasteiger partial charge in [-0.25, -0.2) is 0 Å². The monoisotopic (exact) mass is 255 g/mol. The number of hydrogen-bond acceptors (Lipinski definition) is 4. The first-order chi connectivity index (χ1) is 8.79. The third-order valence-electron chi connectivity index (χ3n) is 3.89. The maximum Gasteiger partial charge on any atom is 0.236 e. The Morgan fingerprint density at radius 1 is 1.00 bits per heavy atom. The Bertz CT molecular complexity index is 259. The Kier molecular flexibility index (Phi) is 5.41. The second-order valence-electron chi connectivity index (χ2n) is 5.20. The van der Waals surface area contributed by atoms with Crippen LogP contribution in [0, 0.1) is 0 Å². The Morgan fingerprint density at radius 3 is 2.22 bits per heavy atom. The van der Waals surface area contributed by atoms with Crippen molar-refractivity contribution in [3.63, 3.8) is 0 Å². The highest BCUT2D eigenvalue weighted by Gasteiger charge is 2.23. The highest BCUT2D eigenvalue weighted by atomic mass is 16.5. The molecule has 2 saturated heterocycles.